The Morgan fingerprint density at radius 3 is 2.06 bits per heavy atom. The summed E-state index contributed by atoms with van der Waals surface area (Å²) >= 11 is 0. The molecule has 1 unspecified atom stereocenters. The molecule has 0 radical (unpaired) electrons. The van der Waals surface area contributed by atoms with E-state index in [2.05, 4.69) is 5.32 Å². The Morgan fingerprint density at radius 1 is 0.970 bits per heavy atom. The minimum Gasteiger partial charge on any atom is -0.459 e. The number of nitrogens with one attached hydrogen (secondary N) is 1. The smallest absolute Gasteiger partial charge is 0.422 e. The highest BCUT2D eigenvalue weighted by molar-refractivity contribution is 5.81. The molecular formula is C23H24F5NO4. The van der Waals surface area contributed by atoms with E-state index in [1.165, 1.54) is 0 Å². The number of carbonyl (C=O) groups is 2. The molecule has 5 nitrogen and oxygen atoms in total. The van der Waals surface area contributed by atoms with Gasteiger partial charge in [0, 0.05) is 0 Å². The Kier molecular flexibility index (Phi) is 8.40. The summed E-state index contributed by atoms with van der Waals surface area (Å²) in [5.74, 6) is -4.36. The molecule has 0 saturated heterocycles. The van der Waals surface area contributed by atoms with E-state index < -0.39 is 47.1 Å². The van der Waals surface area contributed by atoms with Crippen LogP contribution in [0.3, 0.4) is 0 Å². The standard InChI is InChI=1S/C23H24F5NO4/c1-22(2,3)33-21(31)29-18(20(30)32-13-14-7-5-4-6-8-14)10-9-15-11-16(24)19(17(25)12-15)23(26,27)28/h4-8,11-12,18H,9-10,13H2,1-3H3,(H,29,31). The zero-order valence-electron chi connectivity index (χ0n) is 18.3. The second kappa shape index (κ2) is 10.6. The van der Waals surface area contributed by atoms with E-state index in [1.807, 2.05) is 0 Å². The van der Waals surface area contributed by atoms with Crippen LogP contribution in [0.25, 0.3) is 0 Å². The Bertz CT molecular complexity index is 948. The SMILES string of the molecule is CC(C)(C)OC(=O)NC(CCc1cc(F)c(C(F)(F)F)c(F)c1)C(=O)OCc1ccccc1. The number of aryl methyl sites for hydroxylation is 1. The first kappa shape index (κ1) is 26.1. The van der Waals surface area contributed by atoms with Crippen LogP contribution in [-0.4, -0.2) is 23.7 Å². The molecule has 2 aromatic carbocycles. The minimum absolute atomic E-state index is 0.0876. The number of ether oxygens (including phenoxy) is 2. The average molecular weight is 473 g/mol. The van der Waals surface area contributed by atoms with E-state index in [1.54, 1.807) is 51.1 Å². The summed E-state index contributed by atoms with van der Waals surface area (Å²) in [4.78, 5) is 24.7. The fraction of sp³-hybridized carbons (Fsp3) is 0.391. The fourth-order valence-electron chi connectivity index (χ4n) is 2.88. The normalized spacial score (nSPS) is 12.7. The van der Waals surface area contributed by atoms with Gasteiger partial charge in [0.15, 0.2) is 0 Å². The predicted molar refractivity (Wildman–Crippen MR) is 109 cm³/mol. The summed E-state index contributed by atoms with van der Waals surface area (Å²) in [7, 11) is 0. The van der Waals surface area contributed by atoms with Crippen molar-refractivity contribution in [1.29, 1.82) is 0 Å². The highest BCUT2D eigenvalue weighted by atomic mass is 19.4. The van der Waals surface area contributed by atoms with Gasteiger partial charge in [0.05, 0.1) is 0 Å². The minimum atomic E-state index is -5.19. The summed E-state index contributed by atoms with van der Waals surface area (Å²) in [6.45, 7) is 4.75. The van der Waals surface area contributed by atoms with Crippen molar-refractivity contribution in [1.82, 2.24) is 5.32 Å². The maximum absolute atomic E-state index is 13.9. The van der Waals surface area contributed by atoms with Gasteiger partial charge in [0.25, 0.3) is 0 Å². The van der Waals surface area contributed by atoms with E-state index in [9.17, 15) is 31.5 Å². The van der Waals surface area contributed by atoms with Gasteiger partial charge in [-0.2, -0.15) is 13.2 Å². The van der Waals surface area contributed by atoms with Crippen LogP contribution in [-0.2, 0) is 33.5 Å². The molecule has 0 aliphatic carbocycles. The molecule has 0 aliphatic heterocycles. The van der Waals surface area contributed by atoms with E-state index in [0.29, 0.717) is 17.7 Å². The van der Waals surface area contributed by atoms with Gasteiger partial charge in [-0.15, -0.1) is 0 Å². The highest BCUT2D eigenvalue weighted by Crippen LogP contribution is 2.34. The molecule has 1 amide bonds. The molecule has 0 aromatic heterocycles. The number of benzene rings is 2. The third-order valence-corrected chi connectivity index (χ3v) is 4.31. The number of amides is 1. The molecule has 0 saturated carbocycles. The lowest BCUT2D eigenvalue weighted by molar-refractivity contribution is -0.147. The number of rotatable bonds is 7. The number of hydrogen-bond donors (Lipinski definition) is 1. The van der Waals surface area contributed by atoms with Gasteiger partial charge < -0.3 is 14.8 Å². The first-order valence-corrected chi connectivity index (χ1v) is 10.0. The van der Waals surface area contributed by atoms with Gasteiger partial charge in [-0.25, -0.2) is 18.4 Å². The zero-order valence-corrected chi connectivity index (χ0v) is 18.3. The Balaban J connectivity index is 2.14. The third-order valence-electron chi connectivity index (χ3n) is 4.31. The van der Waals surface area contributed by atoms with Crippen molar-refractivity contribution < 1.29 is 41.0 Å². The average Bonchev–Trinajstić information content (AvgIpc) is 2.67. The first-order valence-electron chi connectivity index (χ1n) is 10.0. The van der Waals surface area contributed by atoms with E-state index >= 15 is 0 Å². The molecule has 2 rings (SSSR count). The zero-order chi connectivity index (χ0) is 24.8. The molecule has 1 atom stereocenters. The van der Waals surface area contributed by atoms with Crippen molar-refractivity contribution in [3.63, 3.8) is 0 Å². The summed E-state index contributed by atoms with van der Waals surface area (Å²) in [6.07, 6.45) is -6.52. The second-order valence-electron chi connectivity index (χ2n) is 8.26. The Hall–Kier alpha value is -3.17. The fourth-order valence-corrected chi connectivity index (χ4v) is 2.88. The van der Waals surface area contributed by atoms with Crippen LogP contribution in [0.15, 0.2) is 42.5 Å². The van der Waals surface area contributed by atoms with Gasteiger partial charge in [0.2, 0.25) is 0 Å². The van der Waals surface area contributed by atoms with Gasteiger partial charge in [-0.3, -0.25) is 0 Å². The maximum atomic E-state index is 13.9. The van der Waals surface area contributed by atoms with Crippen LogP contribution in [0.5, 0.6) is 0 Å². The monoisotopic (exact) mass is 473 g/mol. The van der Waals surface area contributed by atoms with Crippen molar-refractivity contribution in [2.45, 2.75) is 58.0 Å². The van der Waals surface area contributed by atoms with Gasteiger partial charge >= 0.3 is 18.2 Å². The van der Waals surface area contributed by atoms with Crippen LogP contribution in [0.2, 0.25) is 0 Å². The lowest BCUT2D eigenvalue weighted by atomic mass is 10.0. The van der Waals surface area contributed by atoms with Crippen molar-refractivity contribution in [3.05, 3.63) is 70.8 Å². The molecule has 180 valence electrons. The van der Waals surface area contributed by atoms with Crippen molar-refractivity contribution in [2.75, 3.05) is 0 Å². The van der Waals surface area contributed by atoms with Crippen LogP contribution in [0.4, 0.5) is 26.7 Å². The topological polar surface area (TPSA) is 64.6 Å². The van der Waals surface area contributed by atoms with Crippen molar-refractivity contribution in [2.24, 2.45) is 0 Å². The molecular weight excluding hydrogens is 449 g/mol. The van der Waals surface area contributed by atoms with Crippen LogP contribution in [0.1, 0.15) is 43.9 Å². The number of carbonyl (C=O) groups excluding carboxylic acids is 2. The molecule has 0 heterocycles. The molecule has 10 heteroatoms. The molecule has 1 N–H and O–H groups in total. The second-order valence-corrected chi connectivity index (χ2v) is 8.26. The largest absolute Gasteiger partial charge is 0.459 e. The van der Waals surface area contributed by atoms with Gasteiger partial charge in [-0.05, 0) is 56.9 Å². The van der Waals surface area contributed by atoms with Crippen LogP contribution >= 0.6 is 0 Å². The molecule has 33 heavy (non-hydrogen) atoms. The van der Waals surface area contributed by atoms with Gasteiger partial charge in [-0.1, -0.05) is 30.3 Å². The first-order chi connectivity index (χ1) is 15.3. The van der Waals surface area contributed by atoms with Crippen molar-refractivity contribution in [3.8, 4) is 0 Å². The van der Waals surface area contributed by atoms with Crippen molar-refractivity contribution >= 4 is 12.1 Å². The lowest BCUT2D eigenvalue weighted by Gasteiger charge is -2.23. The van der Waals surface area contributed by atoms with Crippen LogP contribution in [0, 0.1) is 11.6 Å². The van der Waals surface area contributed by atoms with E-state index in [4.69, 9.17) is 9.47 Å². The summed E-state index contributed by atoms with van der Waals surface area (Å²) < 4.78 is 76.3. The summed E-state index contributed by atoms with van der Waals surface area (Å²) in [5.41, 5.74) is -2.28. The van der Waals surface area contributed by atoms with E-state index in [0.717, 1.165) is 0 Å². The highest BCUT2D eigenvalue weighted by Gasteiger charge is 2.38. The quantitative estimate of drug-likeness (QED) is 0.423. The number of halogens is 5. The third kappa shape index (κ3) is 8.36. The summed E-state index contributed by atoms with van der Waals surface area (Å²) in [6, 6.07) is 8.53. The van der Waals surface area contributed by atoms with E-state index in [-0.39, 0.29) is 25.0 Å². The van der Waals surface area contributed by atoms with Crippen LogP contribution < -0.4 is 5.32 Å². The number of alkyl carbamates (subject to hydrolysis) is 1. The molecule has 2 aromatic rings. The number of alkyl halides is 3. The molecule has 0 bridgehead atoms. The molecule has 0 fully saturated rings. The maximum Gasteiger partial charge on any atom is 0.422 e. The Morgan fingerprint density at radius 2 is 1.55 bits per heavy atom. The number of esters is 1. The lowest BCUT2D eigenvalue weighted by Crippen LogP contribution is -2.44. The van der Waals surface area contributed by atoms with Gasteiger partial charge in [0.1, 0.15) is 35.4 Å². The Labute approximate surface area is 187 Å². The number of hydrogen-bond acceptors (Lipinski definition) is 4. The summed E-state index contributed by atoms with van der Waals surface area (Å²) in [5, 5.41) is 2.34. The molecule has 0 spiro atoms. The molecule has 0 aliphatic rings. The predicted octanol–water partition coefficient (Wildman–Crippen LogP) is 5.55.